The summed E-state index contributed by atoms with van der Waals surface area (Å²) >= 11 is 5.90. The first kappa shape index (κ1) is 25.5. The third kappa shape index (κ3) is 4.99. The number of carbonyl (C=O) groups excluding carboxylic acids is 1. The molecule has 0 bridgehead atoms. The number of aryl methyl sites for hydroxylation is 3. The lowest BCUT2D eigenvalue weighted by Crippen LogP contribution is -2.47. The maximum Gasteiger partial charge on any atom is 0.351 e. The standard InChI is InChI=1S/C27H28ClN7O3/c1-17-14-25(30-18(2)26(17)37)33-12-10-32(11-13-33)24-9-8-22(15-29-24)35-19(3)31-34(27(35)38)16-23(36)20-4-6-21(28)7-5-20/h4-9,14-15,37H,10-13,16H2,1-3H3. The predicted molar refractivity (Wildman–Crippen MR) is 146 cm³/mol. The van der Waals surface area contributed by atoms with Crippen molar-refractivity contribution in [3.05, 3.63) is 86.8 Å². The molecule has 3 aromatic heterocycles. The molecule has 0 atom stereocenters. The van der Waals surface area contributed by atoms with Crippen LogP contribution in [0.2, 0.25) is 5.02 Å². The average molecular weight is 534 g/mol. The lowest BCUT2D eigenvalue weighted by molar-refractivity contribution is 0.0966. The van der Waals surface area contributed by atoms with E-state index in [0.717, 1.165) is 43.4 Å². The van der Waals surface area contributed by atoms with Crippen molar-refractivity contribution in [3.63, 3.8) is 0 Å². The van der Waals surface area contributed by atoms with Crippen molar-refractivity contribution in [1.82, 2.24) is 24.3 Å². The summed E-state index contributed by atoms with van der Waals surface area (Å²) in [6, 6.07) is 12.2. The van der Waals surface area contributed by atoms with Crippen molar-refractivity contribution >= 4 is 29.0 Å². The fraction of sp³-hybridized carbons (Fsp3) is 0.296. The first-order valence-electron chi connectivity index (χ1n) is 12.3. The number of aromatic nitrogens is 5. The third-order valence-electron chi connectivity index (χ3n) is 6.72. The van der Waals surface area contributed by atoms with Gasteiger partial charge in [-0.05, 0) is 68.8 Å². The van der Waals surface area contributed by atoms with Gasteiger partial charge in [0.1, 0.15) is 29.8 Å². The Morgan fingerprint density at radius 2 is 1.63 bits per heavy atom. The van der Waals surface area contributed by atoms with Crippen LogP contribution in [-0.4, -0.2) is 61.4 Å². The Labute approximate surface area is 224 Å². The largest absolute Gasteiger partial charge is 0.506 e. The van der Waals surface area contributed by atoms with Crippen LogP contribution in [0.1, 0.15) is 27.4 Å². The zero-order valence-corrected chi connectivity index (χ0v) is 22.2. The molecule has 1 fully saturated rings. The van der Waals surface area contributed by atoms with Gasteiger partial charge >= 0.3 is 5.69 Å². The van der Waals surface area contributed by atoms with E-state index in [1.54, 1.807) is 37.4 Å². The summed E-state index contributed by atoms with van der Waals surface area (Å²) in [7, 11) is 0. The molecule has 10 nitrogen and oxygen atoms in total. The highest BCUT2D eigenvalue weighted by molar-refractivity contribution is 6.30. The topological polar surface area (TPSA) is 109 Å². The lowest BCUT2D eigenvalue weighted by Gasteiger charge is -2.36. The molecule has 0 spiro atoms. The molecular weight excluding hydrogens is 506 g/mol. The lowest BCUT2D eigenvalue weighted by atomic mass is 10.1. The Morgan fingerprint density at radius 3 is 2.24 bits per heavy atom. The molecule has 1 saturated heterocycles. The number of halogens is 1. The van der Waals surface area contributed by atoms with Crippen LogP contribution < -0.4 is 15.5 Å². The number of Topliss-reactive ketones (excluding diaryl/α,β-unsaturated/α-hetero) is 1. The highest BCUT2D eigenvalue weighted by atomic mass is 35.5. The predicted octanol–water partition coefficient (Wildman–Crippen LogP) is 3.32. The van der Waals surface area contributed by atoms with Crippen molar-refractivity contribution in [2.45, 2.75) is 27.3 Å². The molecule has 0 amide bonds. The molecule has 5 rings (SSSR count). The summed E-state index contributed by atoms with van der Waals surface area (Å²) in [5, 5.41) is 14.8. The summed E-state index contributed by atoms with van der Waals surface area (Å²) in [5.41, 5.74) is 2.09. The fourth-order valence-corrected chi connectivity index (χ4v) is 4.73. The molecule has 1 N–H and O–H groups in total. The zero-order valence-electron chi connectivity index (χ0n) is 21.4. The van der Waals surface area contributed by atoms with Crippen LogP contribution in [0.3, 0.4) is 0 Å². The van der Waals surface area contributed by atoms with Crippen molar-refractivity contribution < 1.29 is 9.90 Å². The van der Waals surface area contributed by atoms with E-state index in [2.05, 4.69) is 24.9 Å². The van der Waals surface area contributed by atoms with Crippen LogP contribution in [-0.2, 0) is 6.54 Å². The van der Waals surface area contributed by atoms with E-state index < -0.39 is 5.69 Å². The van der Waals surface area contributed by atoms with E-state index >= 15 is 0 Å². The van der Waals surface area contributed by atoms with Gasteiger partial charge in [0.15, 0.2) is 5.78 Å². The third-order valence-corrected chi connectivity index (χ3v) is 6.97. The number of carbonyl (C=O) groups is 1. The monoisotopic (exact) mass is 533 g/mol. The number of rotatable bonds is 6. The molecule has 0 unspecified atom stereocenters. The summed E-state index contributed by atoms with van der Waals surface area (Å²) < 4.78 is 2.62. The van der Waals surface area contributed by atoms with Gasteiger partial charge in [0.05, 0.1) is 17.6 Å². The number of piperazine rings is 1. The smallest absolute Gasteiger partial charge is 0.351 e. The Morgan fingerprint density at radius 1 is 0.974 bits per heavy atom. The van der Waals surface area contributed by atoms with E-state index in [1.165, 1.54) is 9.25 Å². The van der Waals surface area contributed by atoms with Gasteiger partial charge in [-0.25, -0.2) is 24.0 Å². The highest BCUT2D eigenvalue weighted by Crippen LogP contribution is 2.26. The second kappa shape index (κ2) is 10.3. The van der Waals surface area contributed by atoms with Crippen LogP contribution in [0.15, 0.2) is 53.5 Å². The van der Waals surface area contributed by atoms with Crippen molar-refractivity contribution in [1.29, 1.82) is 0 Å². The normalized spacial score (nSPS) is 13.7. The molecular formula is C27H28ClN7O3. The Kier molecular flexibility index (Phi) is 6.90. The molecule has 0 aliphatic carbocycles. The second-order valence-electron chi connectivity index (χ2n) is 9.33. The zero-order chi connectivity index (χ0) is 27.0. The van der Waals surface area contributed by atoms with Crippen LogP contribution in [0.5, 0.6) is 5.75 Å². The number of anilines is 2. The van der Waals surface area contributed by atoms with Gasteiger partial charge in [-0.3, -0.25) is 4.79 Å². The quantitative estimate of drug-likeness (QED) is 0.376. The Balaban J connectivity index is 1.27. The summed E-state index contributed by atoms with van der Waals surface area (Å²) in [5.74, 6) is 2.16. The van der Waals surface area contributed by atoms with Gasteiger partial charge in [-0.2, -0.15) is 5.10 Å². The van der Waals surface area contributed by atoms with Crippen LogP contribution in [0.4, 0.5) is 11.6 Å². The van der Waals surface area contributed by atoms with E-state index in [9.17, 15) is 14.7 Å². The van der Waals surface area contributed by atoms with Crippen LogP contribution in [0.25, 0.3) is 5.69 Å². The maximum atomic E-state index is 13.1. The minimum absolute atomic E-state index is 0.168. The molecule has 0 radical (unpaired) electrons. The first-order valence-corrected chi connectivity index (χ1v) is 12.7. The number of benzene rings is 1. The van der Waals surface area contributed by atoms with E-state index in [1.807, 2.05) is 32.0 Å². The molecule has 1 aliphatic heterocycles. The fourth-order valence-electron chi connectivity index (χ4n) is 4.61. The second-order valence-corrected chi connectivity index (χ2v) is 9.77. The number of hydrogen-bond donors (Lipinski definition) is 1. The van der Waals surface area contributed by atoms with E-state index in [-0.39, 0.29) is 18.1 Å². The number of ketones is 1. The Bertz CT molecular complexity index is 1510. The molecule has 0 saturated carbocycles. The van der Waals surface area contributed by atoms with Gasteiger partial charge in [0, 0.05) is 36.8 Å². The minimum atomic E-state index is -0.403. The molecule has 38 heavy (non-hydrogen) atoms. The summed E-state index contributed by atoms with van der Waals surface area (Å²) in [6.07, 6.45) is 1.65. The maximum absolute atomic E-state index is 13.1. The molecule has 4 aromatic rings. The van der Waals surface area contributed by atoms with E-state index in [0.29, 0.717) is 27.8 Å². The van der Waals surface area contributed by atoms with Gasteiger partial charge in [-0.15, -0.1) is 0 Å². The number of nitrogens with zero attached hydrogens (tertiary/aromatic N) is 7. The van der Waals surface area contributed by atoms with Crippen molar-refractivity contribution in [2.75, 3.05) is 36.0 Å². The van der Waals surface area contributed by atoms with Gasteiger partial charge in [0.25, 0.3) is 0 Å². The van der Waals surface area contributed by atoms with Crippen molar-refractivity contribution in [2.24, 2.45) is 0 Å². The minimum Gasteiger partial charge on any atom is -0.506 e. The molecule has 196 valence electrons. The Hall–Kier alpha value is -4.18. The van der Waals surface area contributed by atoms with Gasteiger partial charge in [-0.1, -0.05) is 11.6 Å². The van der Waals surface area contributed by atoms with Crippen LogP contribution in [0, 0.1) is 20.8 Å². The van der Waals surface area contributed by atoms with Crippen molar-refractivity contribution in [3.8, 4) is 11.4 Å². The number of aromatic hydroxyl groups is 1. The molecule has 11 heteroatoms. The molecule has 1 aliphatic rings. The van der Waals surface area contributed by atoms with E-state index in [4.69, 9.17) is 11.6 Å². The molecule has 4 heterocycles. The molecule has 1 aromatic carbocycles. The summed E-state index contributed by atoms with van der Waals surface area (Å²) in [4.78, 5) is 39.2. The SMILES string of the molecule is Cc1cc(N2CCN(c3ccc(-n4c(C)nn(CC(=O)c5ccc(Cl)cc5)c4=O)cn3)CC2)nc(C)c1O. The average Bonchev–Trinajstić information content (AvgIpc) is 3.19. The van der Waals surface area contributed by atoms with Gasteiger partial charge < -0.3 is 14.9 Å². The number of pyridine rings is 2. The van der Waals surface area contributed by atoms with Crippen LogP contribution >= 0.6 is 11.6 Å². The number of hydrogen-bond acceptors (Lipinski definition) is 8. The highest BCUT2D eigenvalue weighted by Gasteiger charge is 2.21. The first-order chi connectivity index (χ1) is 18.2. The van der Waals surface area contributed by atoms with Gasteiger partial charge in [0.2, 0.25) is 0 Å². The summed E-state index contributed by atoms with van der Waals surface area (Å²) in [6.45, 7) is 8.30.